The topological polar surface area (TPSA) is 181 Å². The van der Waals surface area contributed by atoms with E-state index in [1.807, 2.05) is 0 Å². The molecule has 1 aromatic carbocycles. The zero-order valence-corrected chi connectivity index (χ0v) is 17.3. The van der Waals surface area contributed by atoms with Crippen LogP contribution in [0.15, 0.2) is 30.5 Å². The summed E-state index contributed by atoms with van der Waals surface area (Å²) in [6.45, 7) is 2.07. The molecule has 0 radical (unpaired) electrons. The summed E-state index contributed by atoms with van der Waals surface area (Å²) in [5.41, 5.74) is 8.43. The molecular weight excluding hydrogens is 416 g/mol. The number of nitrogen functional groups attached to an aromatic ring is 1. The first-order valence-electron chi connectivity index (χ1n) is 9.80. The number of carbonyl (C=O) groups excluding carboxylic acids is 1. The first-order valence-corrected chi connectivity index (χ1v) is 9.80. The Morgan fingerprint density at radius 3 is 2.47 bits per heavy atom. The van der Waals surface area contributed by atoms with Gasteiger partial charge < -0.3 is 21.3 Å². The second-order valence-electron chi connectivity index (χ2n) is 7.22. The minimum Gasteiger partial charge on any atom is -0.481 e. The van der Waals surface area contributed by atoms with E-state index in [0.29, 0.717) is 34.8 Å². The molecule has 32 heavy (non-hydrogen) atoms. The number of aromatic nitrogens is 4. The molecule has 11 heteroatoms. The molecule has 0 saturated carbocycles. The maximum absolute atomic E-state index is 12.4. The average Bonchev–Trinajstić information content (AvgIpc) is 2.75. The number of anilines is 2. The number of Topliss-reactive ketones (excluding diaryl/α,β-unsaturated/α-hetero) is 1. The lowest BCUT2D eigenvalue weighted by atomic mass is 9.94. The fourth-order valence-electron chi connectivity index (χ4n) is 3.08. The van der Waals surface area contributed by atoms with Gasteiger partial charge in [-0.15, -0.1) is 0 Å². The van der Waals surface area contributed by atoms with Gasteiger partial charge in [0.1, 0.15) is 5.82 Å². The molecule has 0 spiro atoms. The van der Waals surface area contributed by atoms with E-state index in [1.165, 1.54) is 0 Å². The van der Waals surface area contributed by atoms with Crippen molar-refractivity contribution in [2.45, 2.75) is 32.7 Å². The quantitative estimate of drug-likeness (QED) is 0.340. The van der Waals surface area contributed by atoms with Gasteiger partial charge in [-0.2, -0.15) is 0 Å². The van der Waals surface area contributed by atoms with Crippen molar-refractivity contribution < 1.29 is 24.6 Å². The highest BCUT2D eigenvalue weighted by Gasteiger charge is 2.22. The number of hydrogen-bond donors (Lipinski definition) is 4. The van der Waals surface area contributed by atoms with Crippen LogP contribution in [0.3, 0.4) is 0 Å². The summed E-state index contributed by atoms with van der Waals surface area (Å²) in [5, 5.41) is 21.1. The van der Waals surface area contributed by atoms with Crippen LogP contribution in [-0.2, 0) is 16.1 Å². The van der Waals surface area contributed by atoms with Crippen molar-refractivity contribution in [2.24, 2.45) is 5.92 Å². The van der Waals surface area contributed by atoms with Crippen LogP contribution in [0, 0.1) is 12.8 Å². The Labute approximate surface area is 182 Å². The smallest absolute Gasteiger partial charge is 0.306 e. The highest BCUT2D eigenvalue weighted by molar-refractivity contribution is 5.98. The van der Waals surface area contributed by atoms with E-state index < -0.39 is 17.9 Å². The van der Waals surface area contributed by atoms with Crippen molar-refractivity contribution in [1.82, 2.24) is 19.9 Å². The lowest BCUT2D eigenvalue weighted by Gasteiger charge is -2.11. The second kappa shape index (κ2) is 9.77. The molecule has 3 aromatic rings. The number of carbonyl (C=O) groups is 3. The maximum Gasteiger partial charge on any atom is 0.306 e. The predicted molar refractivity (Wildman–Crippen MR) is 115 cm³/mol. The van der Waals surface area contributed by atoms with Gasteiger partial charge in [0.2, 0.25) is 0 Å². The minimum atomic E-state index is -1.18. The molecule has 0 amide bonds. The normalized spacial score (nSPS) is 11.8. The molecular formula is C21H22N6O5. The van der Waals surface area contributed by atoms with Crippen LogP contribution in [0.1, 0.15) is 41.1 Å². The Kier molecular flexibility index (Phi) is 6.88. The van der Waals surface area contributed by atoms with E-state index in [9.17, 15) is 19.5 Å². The molecule has 0 fully saturated rings. The van der Waals surface area contributed by atoms with E-state index in [-0.39, 0.29) is 30.9 Å². The monoisotopic (exact) mass is 438 g/mol. The van der Waals surface area contributed by atoms with Crippen LogP contribution in [0.25, 0.3) is 11.2 Å². The number of ketones is 1. The largest absolute Gasteiger partial charge is 0.481 e. The predicted octanol–water partition coefficient (Wildman–Crippen LogP) is 2.06. The van der Waals surface area contributed by atoms with Crippen LogP contribution in [0.5, 0.6) is 0 Å². The molecule has 0 saturated heterocycles. The summed E-state index contributed by atoms with van der Waals surface area (Å²) in [7, 11) is 0. The summed E-state index contributed by atoms with van der Waals surface area (Å²) in [4.78, 5) is 51.3. The summed E-state index contributed by atoms with van der Waals surface area (Å²) in [6, 6.07) is 6.55. The Morgan fingerprint density at radius 1 is 1.09 bits per heavy atom. The van der Waals surface area contributed by atoms with Crippen LogP contribution < -0.4 is 11.1 Å². The third-order valence-corrected chi connectivity index (χ3v) is 4.76. The van der Waals surface area contributed by atoms with Crippen molar-refractivity contribution in [2.75, 3.05) is 11.1 Å². The van der Waals surface area contributed by atoms with E-state index >= 15 is 0 Å². The minimum absolute atomic E-state index is 0.0992. The molecule has 2 aromatic heterocycles. The number of carboxylic acids is 2. The summed E-state index contributed by atoms with van der Waals surface area (Å²) in [6.07, 6.45) is 0.924. The lowest BCUT2D eigenvalue weighted by molar-refractivity contribution is -0.142. The summed E-state index contributed by atoms with van der Waals surface area (Å²) >= 11 is 0. The number of carboxylic acid groups (broad SMARTS) is 2. The van der Waals surface area contributed by atoms with Gasteiger partial charge in [-0.3, -0.25) is 14.4 Å². The van der Waals surface area contributed by atoms with Gasteiger partial charge >= 0.3 is 11.9 Å². The fourth-order valence-corrected chi connectivity index (χ4v) is 3.08. The molecule has 5 N–H and O–H groups in total. The number of fused-ring (bicyclic) bond motifs is 1. The van der Waals surface area contributed by atoms with Gasteiger partial charge in [-0.1, -0.05) is 0 Å². The van der Waals surface area contributed by atoms with Gasteiger partial charge in [0.15, 0.2) is 22.8 Å². The van der Waals surface area contributed by atoms with Crippen molar-refractivity contribution >= 4 is 40.4 Å². The zero-order chi connectivity index (χ0) is 23.3. The zero-order valence-electron chi connectivity index (χ0n) is 17.3. The second-order valence-corrected chi connectivity index (χ2v) is 7.22. The molecule has 0 aliphatic rings. The third kappa shape index (κ3) is 5.72. The number of nitrogens with two attached hydrogens (primary N) is 1. The molecule has 3 rings (SSSR count). The van der Waals surface area contributed by atoms with Crippen LogP contribution >= 0.6 is 0 Å². The molecule has 0 bridgehead atoms. The highest BCUT2D eigenvalue weighted by atomic mass is 16.4. The Hall–Kier alpha value is -4.15. The van der Waals surface area contributed by atoms with Crippen molar-refractivity contribution in [3.63, 3.8) is 0 Å². The summed E-state index contributed by atoms with van der Waals surface area (Å²) < 4.78 is 0. The number of nitrogens with one attached hydrogen (secondary N) is 1. The van der Waals surface area contributed by atoms with Gasteiger partial charge in [-0.05, 0) is 37.6 Å². The lowest BCUT2D eigenvalue weighted by Crippen LogP contribution is -2.19. The van der Waals surface area contributed by atoms with Crippen molar-refractivity contribution in [3.8, 4) is 0 Å². The standard InChI is InChI=1S/C21H22N6O5/c1-11-25-19(22)18-20(26-11)24-10-15(27-18)9-23-14-5-2-12(3-6-14)16(28)8-13(21(31)32)4-7-17(29)30/h2-3,5-6,10,13,23H,4,7-9H2,1H3,(H,29,30)(H,31,32)(H2,22,24,25,26). The number of nitrogens with zero attached hydrogens (tertiary/aromatic N) is 4. The number of aliphatic carboxylic acids is 2. The molecule has 0 aliphatic heterocycles. The van der Waals surface area contributed by atoms with Gasteiger partial charge in [-0.25, -0.2) is 19.9 Å². The highest BCUT2D eigenvalue weighted by Crippen LogP contribution is 2.19. The Morgan fingerprint density at radius 2 is 1.81 bits per heavy atom. The SMILES string of the molecule is Cc1nc(N)c2nc(CNc3ccc(C(=O)CC(CCC(=O)O)C(=O)O)cc3)cnc2n1. The molecule has 166 valence electrons. The number of benzene rings is 1. The van der Waals surface area contributed by atoms with Crippen LogP contribution in [-0.4, -0.2) is 47.9 Å². The van der Waals surface area contributed by atoms with Gasteiger partial charge in [0.05, 0.1) is 24.4 Å². The maximum atomic E-state index is 12.4. The summed E-state index contributed by atoms with van der Waals surface area (Å²) in [5.74, 6) is -2.91. The number of aryl methyl sites for hydroxylation is 1. The molecule has 1 atom stereocenters. The van der Waals surface area contributed by atoms with Crippen LogP contribution in [0.2, 0.25) is 0 Å². The Balaban J connectivity index is 1.62. The average molecular weight is 438 g/mol. The molecule has 11 nitrogen and oxygen atoms in total. The third-order valence-electron chi connectivity index (χ3n) is 4.76. The first-order chi connectivity index (χ1) is 15.2. The van der Waals surface area contributed by atoms with E-state index in [0.717, 1.165) is 5.69 Å². The molecule has 1 unspecified atom stereocenters. The van der Waals surface area contributed by atoms with Crippen molar-refractivity contribution in [1.29, 1.82) is 0 Å². The Bertz CT molecular complexity index is 1170. The molecule has 2 heterocycles. The van der Waals surface area contributed by atoms with E-state index in [2.05, 4.69) is 25.3 Å². The number of rotatable bonds is 10. The van der Waals surface area contributed by atoms with E-state index in [4.69, 9.17) is 10.8 Å². The molecule has 0 aliphatic carbocycles. The fraction of sp³-hybridized carbons (Fsp3) is 0.286. The first kappa shape index (κ1) is 22.5. The van der Waals surface area contributed by atoms with E-state index in [1.54, 1.807) is 37.4 Å². The van der Waals surface area contributed by atoms with Gasteiger partial charge in [0, 0.05) is 24.1 Å². The van der Waals surface area contributed by atoms with Gasteiger partial charge in [0.25, 0.3) is 0 Å². The van der Waals surface area contributed by atoms with Crippen molar-refractivity contribution in [3.05, 3.63) is 47.5 Å². The van der Waals surface area contributed by atoms with Crippen LogP contribution in [0.4, 0.5) is 11.5 Å². The number of hydrogen-bond acceptors (Lipinski definition) is 9.